The van der Waals surface area contributed by atoms with Crippen molar-refractivity contribution in [2.24, 2.45) is 5.73 Å². The molecule has 110 valence electrons. The third kappa shape index (κ3) is 3.29. The minimum Gasteiger partial charge on any atom is -0.398 e. The monoisotopic (exact) mass is 306 g/mol. The molecule has 0 aliphatic rings. The van der Waals surface area contributed by atoms with Crippen molar-refractivity contribution in [3.05, 3.63) is 47.7 Å². The number of nitrogen functional groups attached to an aromatic ring is 1. The summed E-state index contributed by atoms with van der Waals surface area (Å²) >= 11 is 0. The van der Waals surface area contributed by atoms with Gasteiger partial charge in [-0.2, -0.15) is 0 Å². The molecule has 0 fully saturated rings. The first-order valence-electron chi connectivity index (χ1n) is 5.95. The van der Waals surface area contributed by atoms with E-state index in [1.807, 2.05) is 0 Å². The number of pyridine rings is 1. The summed E-state index contributed by atoms with van der Waals surface area (Å²) in [7, 11) is -3.89. The maximum absolute atomic E-state index is 12.3. The van der Waals surface area contributed by atoms with Crippen molar-refractivity contribution in [3.8, 4) is 0 Å². The quantitative estimate of drug-likeness (QED) is 0.722. The second-order valence-corrected chi connectivity index (χ2v) is 6.04. The summed E-state index contributed by atoms with van der Waals surface area (Å²) in [6.45, 7) is 1.74. The van der Waals surface area contributed by atoms with Crippen molar-refractivity contribution in [1.82, 2.24) is 4.98 Å². The summed E-state index contributed by atoms with van der Waals surface area (Å²) in [5.41, 5.74) is 11.5. The second kappa shape index (κ2) is 5.41. The summed E-state index contributed by atoms with van der Waals surface area (Å²) in [4.78, 5) is 14.9. The Morgan fingerprint density at radius 3 is 2.52 bits per heavy atom. The Labute approximate surface area is 122 Å². The van der Waals surface area contributed by atoms with E-state index in [0.717, 1.165) is 0 Å². The van der Waals surface area contributed by atoms with Gasteiger partial charge in [-0.15, -0.1) is 0 Å². The van der Waals surface area contributed by atoms with Crippen LogP contribution in [0.2, 0.25) is 0 Å². The number of benzene rings is 1. The van der Waals surface area contributed by atoms with Gasteiger partial charge in [0.05, 0.1) is 5.69 Å². The fourth-order valence-electron chi connectivity index (χ4n) is 1.74. The van der Waals surface area contributed by atoms with Crippen molar-refractivity contribution in [1.29, 1.82) is 0 Å². The Balaban J connectivity index is 2.38. The lowest BCUT2D eigenvalue weighted by Gasteiger charge is -2.10. The van der Waals surface area contributed by atoms with Crippen LogP contribution in [0.4, 0.5) is 11.5 Å². The van der Waals surface area contributed by atoms with Crippen LogP contribution in [0, 0.1) is 6.92 Å². The summed E-state index contributed by atoms with van der Waals surface area (Å²) in [5, 5.41) is 0. The molecular weight excluding hydrogens is 292 g/mol. The lowest BCUT2D eigenvalue weighted by molar-refractivity contribution is 0.1000. The molecule has 2 rings (SSSR count). The number of nitrogens with two attached hydrogens (primary N) is 2. The van der Waals surface area contributed by atoms with Gasteiger partial charge < -0.3 is 11.5 Å². The van der Waals surface area contributed by atoms with Crippen molar-refractivity contribution in [2.75, 3.05) is 10.5 Å². The van der Waals surface area contributed by atoms with Gasteiger partial charge in [0.25, 0.3) is 10.0 Å². The number of amides is 1. The Kier molecular flexibility index (Phi) is 3.81. The van der Waals surface area contributed by atoms with Gasteiger partial charge in [0, 0.05) is 11.3 Å². The fourth-order valence-corrected chi connectivity index (χ4v) is 2.85. The Hall–Kier alpha value is -2.61. The van der Waals surface area contributed by atoms with E-state index in [-0.39, 0.29) is 22.0 Å². The highest BCUT2D eigenvalue weighted by Crippen LogP contribution is 2.22. The molecule has 2 aromatic rings. The summed E-state index contributed by atoms with van der Waals surface area (Å²) in [6, 6.07) is 8.71. The van der Waals surface area contributed by atoms with E-state index in [2.05, 4.69) is 9.71 Å². The molecule has 0 aliphatic carbocycles. The summed E-state index contributed by atoms with van der Waals surface area (Å²) < 4.78 is 26.9. The average Bonchev–Trinajstić information content (AvgIpc) is 2.37. The zero-order chi connectivity index (χ0) is 15.6. The molecule has 0 radical (unpaired) electrons. The van der Waals surface area contributed by atoms with Crippen molar-refractivity contribution in [2.45, 2.75) is 11.8 Å². The number of carbonyl (C=O) groups excluding carboxylic acids is 1. The van der Waals surface area contributed by atoms with E-state index < -0.39 is 15.9 Å². The van der Waals surface area contributed by atoms with E-state index in [9.17, 15) is 13.2 Å². The highest BCUT2D eigenvalue weighted by atomic mass is 32.2. The number of aromatic nitrogens is 1. The van der Waals surface area contributed by atoms with Crippen LogP contribution >= 0.6 is 0 Å². The first-order valence-corrected chi connectivity index (χ1v) is 7.44. The van der Waals surface area contributed by atoms with Gasteiger partial charge in [-0.05, 0) is 37.3 Å². The van der Waals surface area contributed by atoms with E-state index in [0.29, 0.717) is 5.69 Å². The van der Waals surface area contributed by atoms with Gasteiger partial charge in [0.15, 0.2) is 0 Å². The minimum atomic E-state index is -3.89. The van der Waals surface area contributed by atoms with Crippen LogP contribution in [-0.2, 0) is 10.0 Å². The number of aryl methyl sites for hydroxylation is 1. The van der Waals surface area contributed by atoms with Crippen LogP contribution in [0.5, 0.6) is 0 Å². The minimum absolute atomic E-state index is 0.0635. The van der Waals surface area contributed by atoms with Crippen molar-refractivity contribution >= 4 is 27.4 Å². The molecule has 1 heterocycles. The molecule has 0 atom stereocenters. The fraction of sp³-hybridized carbons (Fsp3) is 0.0769. The van der Waals surface area contributed by atoms with E-state index in [4.69, 9.17) is 11.5 Å². The van der Waals surface area contributed by atoms with Crippen LogP contribution in [-0.4, -0.2) is 19.3 Å². The molecular formula is C13H14N4O3S. The van der Waals surface area contributed by atoms with Gasteiger partial charge in [0.2, 0.25) is 5.91 Å². The highest BCUT2D eigenvalue weighted by Gasteiger charge is 2.19. The number of rotatable bonds is 4. The largest absolute Gasteiger partial charge is 0.398 e. The Morgan fingerprint density at radius 2 is 1.95 bits per heavy atom. The molecule has 0 aliphatic heterocycles. The zero-order valence-corrected chi connectivity index (χ0v) is 12.0. The van der Waals surface area contributed by atoms with Crippen molar-refractivity contribution in [3.63, 3.8) is 0 Å². The Bertz CT molecular complexity index is 803. The van der Waals surface area contributed by atoms with Crippen LogP contribution in [0.25, 0.3) is 0 Å². The lowest BCUT2D eigenvalue weighted by atomic mass is 10.2. The van der Waals surface area contributed by atoms with E-state index in [1.165, 1.54) is 24.3 Å². The summed E-state index contributed by atoms with van der Waals surface area (Å²) in [6.07, 6.45) is 0. The molecule has 0 bridgehead atoms. The van der Waals surface area contributed by atoms with Gasteiger partial charge in [0.1, 0.15) is 10.7 Å². The number of anilines is 2. The normalized spacial score (nSPS) is 11.1. The van der Waals surface area contributed by atoms with Crippen LogP contribution in [0.15, 0.2) is 41.3 Å². The second-order valence-electron chi connectivity index (χ2n) is 4.39. The number of primary amides is 1. The number of sulfonamides is 1. The standard InChI is InChI=1S/C13H14N4O3S/c1-8-3-2-4-12(16-8)17-21(19,20)11-6-5-9(13(15)18)7-10(11)14/h2-7H,14H2,1H3,(H2,15,18)(H,16,17). The lowest BCUT2D eigenvalue weighted by Crippen LogP contribution is -2.17. The molecule has 0 spiro atoms. The maximum Gasteiger partial charge on any atom is 0.265 e. The van der Waals surface area contributed by atoms with Crippen LogP contribution < -0.4 is 16.2 Å². The number of carbonyl (C=O) groups is 1. The van der Waals surface area contributed by atoms with E-state index in [1.54, 1.807) is 19.1 Å². The summed E-state index contributed by atoms with van der Waals surface area (Å²) in [5.74, 6) is -0.493. The SMILES string of the molecule is Cc1cccc(NS(=O)(=O)c2ccc(C(N)=O)cc2N)n1. The predicted octanol–water partition coefficient (Wildman–Crippen LogP) is 0.872. The number of hydrogen-bond acceptors (Lipinski definition) is 5. The first kappa shape index (κ1) is 14.8. The van der Waals surface area contributed by atoms with Gasteiger partial charge in [-0.1, -0.05) is 6.07 Å². The molecule has 7 nitrogen and oxygen atoms in total. The molecule has 0 saturated heterocycles. The number of hydrogen-bond donors (Lipinski definition) is 3. The molecule has 1 amide bonds. The topological polar surface area (TPSA) is 128 Å². The smallest absolute Gasteiger partial charge is 0.265 e. The molecule has 1 aromatic carbocycles. The zero-order valence-electron chi connectivity index (χ0n) is 11.2. The van der Waals surface area contributed by atoms with Crippen LogP contribution in [0.1, 0.15) is 16.1 Å². The number of nitrogens with one attached hydrogen (secondary N) is 1. The van der Waals surface area contributed by atoms with Gasteiger partial charge in [-0.25, -0.2) is 13.4 Å². The predicted molar refractivity (Wildman–Crippen MR) is 79.2 cm³/mol. The molecule has 5 N–H and O–H groups in total. The Morgan fingerprint density at radius 1 is 1.24 bits per heavy atom. The third-order valence-electron chi connectivity index (χ3n) is 2.71. The van der Waals surface area contributed by atoms with Crippen LogP contribution in [0.3, 0.4) is 0 Å². The molecule has 0 unspecified atom stereocenters. The van der Waals surface area contributed by atoms with Crippen molar-refractivity contribution < 1.29 is 13.2 Å². The average molecular weight is 306 g/mol. The molecule has 1 aromatic heterocycles. The van der Waals surface area contributed by atoms with Gasteiger partial charge >= 0.3 is 0 Å². The number of nitrogens with zero attached hydrogens (tertiary/aromatic N) is 1. The molecule has 0 saturated carbocycles. The molecule has 8 heteroatoms. The third-order valence-corrected chi connectivity index (χ3v) is 4.14. The van der Waals surface area contributed by atoms with Gasteiger partial charge in [-0.3, -0.25) is 9.52 Å². The molecule has 21 heavy (non-hydrogen) atoms. The van der Waals surface area contributed by atoms with E-state index >= 15 is 0 Å². The highest BCUT2D eigenvalue weighted by molar-refractivity contribution is 7.92. The first-order chi connectivity index (χ1) is 9.79. The maximum atomic E-state index is 12.3.